The van der Waals surface area contributed by atoms with Gasteiger partial charge < -0.3 is 15.5 Å². The number of rotatable bonds is 3. The molecule has 5 rings (SSSR count). The predicted molar refractivity (Wildman–Crippen MR) is 115 cm³/mol. The zero-order valence-corrected chi connectivity index (χ0v) is 16.1. The van der Waals surface area contributed by atoms with Crippen LogP contribution >= 0.6 is 11.6 Å². The quantitative estimate of drug-likeness (QED) is 0.667. The van der Waals surface area contributed by atoms with E-state index in [1.165, 1.54) is 0 Å². The first-order chi connectivity index (χ1) is 14.2. The Hall–Kier alpha value is -3.57. The van der Waals surface area contributed by atoms with E-state index in [0.717, 1.165) is 27.7 Å². The van der Waals surface area contributed by atoms with E-state index in [1.54, 1.807) is 12.4 Å². The second-order valence-corrected chi connectivity index (χ2v) is 7.26. The van der Waals surface area contributed by atoms with Crippen LogP contribution < -0.4 is 10.6 Å². The molecule has 0 spiro atoms. The number of pyridine rings is 1. The van der Waals surface area contributed by atoms with E-state index in [9.17, 15) is 4.79 Å². The Bertz CT molecular complexity index is 1210. The fraction of sp³-hybridized carbons (Fsp3) is 0.0435. The zero-order chi connectivity index (χ0) is 19.8. The van der Waals surface area contributed by atoms with Gasteiger partial charge in [0.2, 0.25) is 0 Å². The maximum absolute atomic E-state index is 13.2. The fourth-order valence-electron chi connectivity index (χ4n) is 3.69. The summed E-state index contributed by atoms with van der Waals surface area (Å²) in [7, 11) is 0. The minimum atomic E-state index is -0.206. The molecule has 3 heterocycles. The molecule has 6 heteroatoms. The predicted octanol–water partition coefficient (Wildman–Crippen LogP) is 4.73. The van der Waals surface area contributed by atoms with Gasteiger partial charge in [0.05, 0.1) is 5.70 Å². The minimum absolute atomic E-state index is 0.196. The molecule has 1 atom stereocenters. The summed E-state index contributed by atoms with van der Waals surface area (Å²) < 4.78 is 0. The smallest absolute Gasteiger partial charge is 0.273 e. The summed E-state index contributed by atoms with van der Waals surface area (Å²) in [4.78, 5) is 19.4. The lowest BCUT2D eigenvalue weighted by Crippen LogP contribution is -2.28. The molecule has 1 unspecified atom stereocenters. The molecule has 0 fully saturated rings. The molecule has 2 N–H and O–H groups in total. The van der Waals surface area contributed by atoms with Crippen LogP contribution in [0.15, 0.2) is 96.7 Å². The van der Waals surface area contributed by atoms with Crippen molar-refractivity contribution in [2.45, 2.75) is 6.17 Å². The third-order valence-electron chi connectivity index (χ3n) is 5.03. The van der Waals surface area contributed by atoms with Gasteiger partial charge in [-0.2, -0.15) is 0 Å². The number of benzene rings is 2. The highest BCUT2D eigenvalue weighted by molar-refractivity contribution is 6.30. The normalized spacial score (nSPS) is 17.4. The summed E-state index contributed by atoms with van der Waals surface area (Å²) in [5, 5.41) is 8.99. The van der Waals surface area contributed by atoms with Crippen LogP contribution in [0.4, 0.5) is 5.69 Å². The molecule has 1 aromatic heterocycles. The Balaban J connectivity index is 1.49. The van der Waals surface area contributed by atoms with Crippen molar-refractivity contribution in [1.82, 2.24) is 15.2 Å². The monoisotopic (exact) mass is 400 g/mol. The van der Waals surface area contributed by atoms with Crippen LogP contribution in [0.2, 0.25) is 5.02 Å². The molecule has 29 heavy (non-hydrogen) atoms. The second-order valence-electron chi connectivity index (χ2n) is 6.83. The van der Waals surface area contributed by atoms with Gasteiger partial charge in [0.25, 0.3) is 5.91 Å². The van der Waals surface area contributed by atoms with Gasteiger partial charge in [-0.1, -0.05) is 41.9 Å². The molecular formula is C23H17ClN4O. The number of carbonyl (C=O) groups excluding carboxylic acids is 1. The van der Waals surface area contributed by atoms with E-state index in [-0.39, 0.29) is 12.1 Å². The second kappa shape index (κ2) is 7.11. The Morgan fingerprint density at radius 1 is 1.14 bits per heavy atom. The molecule has 5 nitrogen and oxygen atoms in total. The van der Waals surface area contributed by atoms with Crippen molar-refractivity contribution >= 4 is 34.0 Å². The van der Waals surface area contributed by atoms with E-state index in [0.29, 0.717) is 10.7 Å². The van der Waals surface area contributed by atoms with Crippen molar-refractivity contribution < 1.29 is 4.79 Å². The number of allylic oxidation sites excluding steroid dienone is 3. The molecule has 0 saturated heterocycles. The molecule has 2 aliphatic heterocycles. The summed E-state index contributed by atoms with van der Waals surface area (Å²) in [6.07, 6.45) is 11.1. The Labute approximate surface area is 173 Å². The number of anilines is 1. The first-order valence-corrected chi connectivity index (χ1v) is 9.62. The van der Waals surface area contributed by atoms with Crippen molar-refractivity contribution in [3.8, 4) is 0 Å². The van der Waals surface area contributed by atoms with E-state index >= 15 is 0 Å². The zero-order valence-electron chi connectivity index (χ0n) is 15.3. The highest BCUT2D eigenvalue weighted by atomic mass is 35.5. The Kier molecular flexibility index (Phi) is 4.30. The van der Waals surface area contributed by atoms with Gasteiger partial charge in [0.15, 0.2) is 0 Å². The van der Waals surface area contributed by atoms with Gasteiger partial charge in [-0.25, -0.2) is 0 Å². The third-order valence-corrected chi connectivity index (χ3v) is 5.26. The van der Waals surface area contributed by atoms with Gasteiger partial charge in [0, 0.05) is 40.1 Å². The first-order valence-electron chi connectivity index (χ1n) is 9.24. The lowest BCUT2D eigenvalue weighted by atomic mass is 10.1. The summed E-state index contributed by atoms with van der Waals surface area (Å²) in [6.45, 7) is 0. The number of amides is 1. The number of halogens is 1. The molecule has 0 radical (unpaired) electrons. The maximum Gasteiger partial charge on any atom is 0.273 e. The van der Waals surface area contributed by atoms with E-state index in [1.807, 2.05) is 77.9 Å². The summed E-state index contributed by atoms with van der Waals surface area (Å²) in [6, 6.07) is 15.3. The lowest BCUT2D eigenvalue weighted by molar-refractivity contribution is -0.113. The molecule has 3 aromatic rings. The number of hydrogen-bond acceptors (Lipinski definition) is 4. The number of carbonyl (C=O) groups is 1. The first kappa shape index (κ1) is 17.5. The Morgan fingerprint density at radius 3 is 2.93 bits per heavy atom. The number of hydrogen-bond donors (Lipinski definition) is 2. The molecule has 2 aromatic carbocycles. The largest absolute Gasteiger partial charge is 0.355 e. The van der Waals surface area contributed by atoms with E-state index in [4.69, 9.17) is 11.6 Å². The van der Waals surface area contributed by atoms with Crippen molar-refractivity contribution in [3.63, 3.8) is 0 Å². The standard InChI is InChI=1S/C23H17ClN4O/c24-17-7-3-5-15(13-17)22-27-21(20-9-1-2-12-28(20)22)23(29)26-19-8-4-6-16-14-25-11-10-18(16)19/h1-14,22,27H,(H,26,29). The van der Waals surface area contributed by atoms with E-state index in [2.05, 4.69) is 15.6 Å². The summed E-state index contributed by atoms with van der Waals surface area (Å²) in [5.74, 6) is -0.196. The molecule has 142 valence electrons. The minimum Gasteiger partial charge on any atom is -0.355 e. The SMILES string of the molecule is O=C(Nc1cccc2cnccc12)C1=C2C=CC=CN2C(c2cccc(Cl)c2)N1. The summed E-state index contributed by atoms with van der Waals surface area (Å²) in [5.41, 5.74) is 3.06. The van der Waals surface area contributed by atoms with Crippen molar-refractivity contribution in [1.29, 1.82) is 0 Å². The van der Waals surface area contributed by atoms with Crippen molar-refractivity contribution in [3.05, 3.63) is 107 Å². The van der Waals surface area contributed by atoms with Crippen LogP contribution in [-0.4, -0.2) is 15.8 Å². The Morgan fingerprint density at radius 2 is 2.03 bits per heavy atom. The maximum atomic E-state index is 13.2. The molecule has 1 amide bonds. The average molecular weight is 401 g/mol. The molecule has 0 saturated carbocycles. The van der Waals surface area contributed by atoms with Gasteiger partial charge in [-0.3, -0.25) is 9.78 Å². The van der Waals surface area contributed by atoms with Crippen LogP contribution in [0, 0.1) is 0 Å². The lowest BCUT2D eigenvalue weighted by Gasteiger charge is -2.26. The van der Waals surface area contributed by atoms with E-state index < -0.39 is 0 Å². The molecule has 2 aliphatic rings. The van der Waals surface area contributed by atoms with Crippen molar-refractivity contribution in [2.24, 2.45) is 0 Å². The van der Waals surface area contributed by atoms with Crippen LogP contribution in [0.3, 0.4) is 0 Å². The highest BCUT2D eigenvalue weighted by Crippen LogP contribution is 2.35. The van der Waals surface area contributed by atoms with Crippen LogP contribution in [0.25, 0.3) is 10.8 Å². The number of fused-ring (bicyclic) bond motifs is 2. The van der Waals surface area contributed by atoms with Crippen molar-refractivity contribution in [2.75, 3.05) is 5.32 Å². The van der Waals surface area contributed by atoms with Gasteiger partial charge >= 0.3 is 0 Å². The molecular weight excluding hydrogens is 384 g/mol. The van der Waals surface area contributed by atoms with Gasteiger partial charge in [0.1, 0.15) is 11.9 Å². The highest BCUT2D eigenvalue weighted by Gasteiger charge is 2.34. The van der Waals surface area contributed by atoms with Crippen LogP contribution in [-0.2, 0) is 4.79 Å². The fourth-order valence-corrected chi connectivity index (χ4v) is 3.89. The average Bonchev–Trinajstić information content (AvgIpc) is 3.14. The third kappa shape index (κ3) is 3.15. The van der Waals surface area contributed by atoms with Gasteiger partial charge in [-0.15, -0.1) is 0 Å². The summed E-state index contributed by atoms with van der Waals surface area (Å²) >= 11 is 6.18. The number of nitrogens with zero attached hydrogens (tertiary/aromatic N) is 2. The molecule has 0 bridgehead atoms. The topological polar surface area (TPSA) is 57.3 Å². The van der Waals surface area contributed by atoms with Crippen LogP contribution in [0.5, 0.6) is 0 Å². The van der Waals surface area contributed by atoms with Gasteiger partial charge in [-0.05, 0) is 42.0 Å². The van der Waals surface area contributed by atoms with Crippen LogP contribution in [0.1, 0.15) is 11.7 Å². The molecule has 0 aliphatic carbocycles. The number of nitrogens with one attached hydrogen (secondary N) is 2. The number of aromatic nitrogens is 1.